The minimum Gasteiger partial charge on any atom is -0.389 e. The van der Waals surface area contributed by atoms with Gasteiger partial charge < -0.3 is 5.11 Å². The molecule has 4 nitrogen and oxygen atoms in total. The van der Waals surface area contributed by atoms with Crippen LogP contribution in [0.2, 0.25) is 0 Å². The number of aryl methyl sites for hydroxylation is 1. The van der Waals surface area contributed by atoms with E-state index in [2.05, 4.69) is 0 Å². The highest BCUT2D eigenvalue weighted by Crippen LogP contribution is 2.26. The topological polar surface area (TPSA) is 57.6 Å². The van der Waals surface area contributed by atoms with Crippen molar-refractivity contribution in [3.63, 3.8) is 0 Å². The lowest BCUT2D eigenvalue weighted by Crippen LogP contribution is -2.33. The molecule has 0 aromatic heterocycles. The average molecular weight is 255 g/mol. The van der Waals surface area contributed by atoms with Crippen LogP contribution < -0.4 is 0 Å². The van der Waals surface area contributed by atoms with E-state index in [1.54, 1.807) is 31.2 Å². The number of aliphatic hydroxyl groups is 1. The van der Waals surface area contributed by atoms with Crippen LogP contribution in [-0.2, 0) is 10.0 Å². The summed E-state index contributed by atoms with van der Waals surface area (Å²) in [7, 11) is -3.45. The molecule has 1 aromatic carbocycles. The summed E-state index contributed by atoms with van der Waals surface area (Å²) < 4.78 is 25.8. The first-order chi connectivity index (χ1) is 7.81. The second kappa shape index (κ2) is 4.08. The molecule has 2 rings (SSSR count). The fourth-order valence-electron chi connectivity index (χ4n) is 1.97. The van der Waals surface area contributed by atoms with Crippen LogP contribution in [0, 0.1) is 6.92 Å². The van der Waals surface area contributed by atoms with E-state index in [-0.39, 0.29) is 6.54 Å². The molecule has 0 spiro atoms. The summed E-state index contributed by atoms with van der Waals surface area (Å²) in [4.78, 5) is 0.292. The van der Waals surface area contributed by atoms with Gasteiger partial charge in [-0.1, -0.05) is 17.7 Å². The molecule has 0 saturated carbocycles. The van der Waals surface area contributed by atoms with Crippen LogP contribution in [0.3, 0.4) is 0 Å². The predicted octanol–water partition coefficient (Wildman–Crippen LogP) is 1.14. The molecule has 0 amide bonds. The fraction of sp³-hybridized carbons (Fsp3) is 0.500. The Morgan fingerprint density at radius 1 is 1.29 bits per heavy atom. The van der Waals surface area contributed by atoms with Crippen molar-refractivity contribution in [2.45, 2.75) is 30.8 Å². The molecule has 1 aromatic rings. The van der Waals surface area contributed by atoms with Gasteiger partial charge in [-0.3, -0.25) is 0 Å². The van der Waals surface area contributed by atoms with Gasteiger partial charge in [0.1, 0.15) is 0 Å². The van der Waals surface area contributed by atoms with Gasteiger partial charge in [-0.05, 0) is 32.4 Å². The van der Waals surface area contributed by atoms with Gasteiger partial charge in [0, 0.05) is 13.1 Å². The van der Waals surface area contributed by atoms with Crippen LogP contribution in [0.15, 0.2) is 29.2 Å². The minimum absolute atomic E-state index is 0.170. The third-order valence-electron chi connectivity index (χ3n) is 3.08. The number of β-amino-alcohol motifs (C(OH)–C–C–N with tert-alkyl or cyclic N) is 1. The second-order valence-corrected chi connectivity index (χ2v) is 6.84. The molecule has 1 N–H and O–H groups in total. The van der Waals surface area contributed by atoms with Crippen molar-refractivity contribution in [2.75, 3.05) is 13.1 Å². The van der Waals surface area contributed by atoms with Crippen LogP contribution in [0.5, 0.6) is 0 Å². The molecule has 1 heterocycles. The molecule has 0 radical (unpaired) electrons. The van der Waals surface area contributed by atoms with Gasteiger partial charge in [-0.15, -0.1) is 0 Å². The van der Waals surface area contributed by atoms with Gasteiger partial charge in [0.2, 0.25) is 10.0 Å². The van der Waals surface area contributed by atoms with E-state index >= 15 is 0 Å². The zero-order valence-corrected chi connectivity index (χ0v) is 10.9. The molecule has 1 unspecified atom stereocenters. The van der Waals surface area contributed by atoms with Crippen LogP contribution >= 0.6 is 0 Å². The Morgan fingerprint density at radius 2 is 1.88 bits per heavy atom. The maximum atomic E-state index is 12.2. The van der Waals surface area contributed by atoms with Crippen molar-refractivity contribution in [1.29, 1.82) is 0 Å². The molecule has 1 atom stereocenters. The molecular weight excluding hydrogens is 238 g/mol. The molecule has 0 aliphatic carbocycles. The minimum atomic E-state index is -3.45. The van der Waals surface area contributed by atoms with E-state index in [4.69, 9.17) is 0 Å². The average Bonchev–Trinajstić information content (AvgIpc) is 2.60. The fourth-order valence-corrected chi connectivity index (χ4v) is 3.53. The predicted molar refractivity (Wildman–Crippen MR) is 65.2 cm³/mol. The molecule has 1 saturated heterocycles. The van der Waals surface area contributed by atoms with E-state index in [9.17, 15) is 13.5 Å². The smallest absolute Gasteiger partial charge is 0.243 e. The van der Waals surface area contributed by atoms with E-state index in [1.807, 2.05) is 6.92 Å². The first-order valence-electron chi connectivity index (χ1n) is 5.60. The number of sulfonamides is 1. The standard InChI is InChI=1S/C12H17NO3S/c1-10-3-5-11(6-4-10)17(15,16)13-8-7-12(2,14)9-13/h3-6,14H,7-9H2,1-2H3. The quantitative estimate of drug-likeness (QED) is 0.862. The second-order valence-electron chi connectivity index (χ2n) is 4.90. The summed E-state index contributed by atoms with van der Waals surface area (Å²) in [6.45, 7) is 4.13. The highest BCUT2D eigenvalue weighted by molar-refractivity contribution is 7.89. The van der Waals surface area contributed by atoms with Gasteiger partial charge in [0.25, 0.3) is 0 Å². The normalized spacial score (nSPS) is 26.3. The molecule has 1 aliphatic heterocycles. The van der Waals surface area contributed by atoms with E-state index < -0.39 is 15.6 Å². The molecule has 0 bridgehead atoms. The Labute approximate surface area is 102 Å². The Morgan fingerprint density at radius 3 is 2.35 bits per heavy atom. The van der Waals surface area contributed by atoms with Gasteiger partial charge in [-0.25, -0.2) is 8.42 Å². The molecule has 5 heteroatoms. The van der Waals surface area contributed by atoms with Crippen molar-refractivity contribution in [1.82, 2.24) is 4.31 Å². The first kappa shape index (κ1) is 12.5. The number of hydrogen-bond acceptors (Lipinski definition) is 3. The van der Waals surface area contributed by atoms with E-state index in [0.717, 1.165) is 5.56 Å². The van der Waals surface area contributed by atoms with E-state index in [1.165, 1.54) is 4.31 Å². The zero-order chi connectivity index (χ0) is 12.7. The van der Waals surface area contributed by atoms with Gasteiger partial charge in [-0.2, -0.15) is 4.31 Å². The van der Waals surface area contributed by atoms with Crippen LogP contribution in [0.4, 0.5) is 0 Å². The Balaban J connectivity index is 2.29. The highest BCUT2D eigenvalue weighted by atomic mass is 32.2. The summed E-state index contributed by atoms with van der Waals surface area (Å²) in [6.07, 6.45) is 0.484. The Kier molecular flexibility index (Phi) is 3.01. The third-order valence-corrected chi connectivity index (χ3v) is 4.93. The maximum Gasteiger partial charge on any atom is 0.243 e. The molecular formula is C12H17NO3S. The summed E-state index contributed by atoms with van der Waals surface area (Å²) >= 11 is 0. The summed E-state index contributed by atoms with van der Waals surface area (Å²) in [5.41, 5.74) is 0.120. The van der Waals surface area contributed by atoms with Crippen LogP contribution in [0.1, 0.15) is 18.9 Å². The number of nitrogens with zero attached hydrogens (tertiary/aromatic N) is 1. The largest absolute Gasteiger partial charge is 0.389 e. The van der Waals surface area contributed by atoms with Gasteiger partial charge in [0.15, 0.2) is 0 Å². The monoisotopic (exact) mass is 255 g/mol. The summed E-state index contributed by atoms with van der Waals surface area (Å²) in [5.74, 6) is 0. The lowest BCUT2D eigenvalue weighted by molar-refractivity contribution is 0.0762. The zero-order valence-electron chi connectivity index (χ0n) is 10.0. The SMILES string of the molecule is Cc1ccc(S(=O)(=O)N2CCC(C)(O)C2)cc1. The first-order valence-corrected chi connectivity index (χ1v) is 7.04. The molecule has 1 aliphatic rings. The van der Waals surface area contributed by atoms with Gasteiger partial charge >= 0.3 is 0 Å². The molecule has 1 fully saturated rings. The van der Waals surface area contributed by atoms with Crippen molar-refractivity contribution in [3.05, 3.63) is 29.8 Å². The number of rotatable bonds is 2. The third kappa shape index (κ3) is 2.51. The van der Waals surface area contributed by atoms with Gasteiger partial charge in [0.05, 0.1) is 10.5 Å². The van der Waals surface area contributed by atoms with Crippen molar-refractivity contribution in [2.24, 2.45) is 0 Å². The van der Waals surface area contributed by atoms with Crippen molar-refractivity contribution < 1.29 is 13.5 Å². The molecule has 94 valence electrons. The lowest BCUT2D eigenvalue weighted by Gasteiger charge is -2.18. The summed E-state index contributed by atoms with van der Waals surface area (Å²) in [5, 5.41) is 9.81. The molecule has 17 heavy (non-hydrogen) atoms. The number of benzene rings is 1. The number of hydrogen-bond donors (Lipinski definition) is 1. The van der Waals surface area contributed by atoms with Crippen LogP contribution in [-0.4, -0.2) is 36.5 Å². The van der Waals surface area contributed by atoms with E-state index in [0.29, 0.717) is 17.9 Å². The highest BCUT2D eigenvalue weighted by Gasteiger charge is 2.38. The Hall–Kier alpha value is -0.910. The Bertz CT molecular complexity index is 505. The van der Waals surface area contributed by atoms with Crippen molar-refractivity contribution >= 4 is 10.0 Å². The lowest BCUT2D eigenvalue weighted by atomic mass is 10.1. The van der Waals surface area contributed by atoms with Crippen LogP contribution in [0.25, 0.3) is 0 Å². The maximum absolute atomic E-state index is 12.2. The summed E-state index contributed by atoms with van der Waals surface area (Å²) in [6, 6.07) is 6.78. The van der Waals surface area contributed by atoms with Crippen molar-refractivity contribution in [3.8, 4) is 0 Å².